The molecular weight excluding hydrogens is 358 g/mol. The van der Waals surface area contributed by atoms with Crippen LogP contribution in [0.25, 0.3) is 0 Å². The molecule has 28 heavy (non-hydrogen) atoms. The molecule has 0 unspecified atom stereocenters. The molecule has 0 spiro atoms. The van der Waals surface area contributed by atoms with Crippen LogP contribution in [0.3, 0.4) is 0 Å². The van der Waals surface area contributed by atoms with E-state index in [-0.39, 0.29) is 11.9 Å². The van der Waals surface area contributed by atoms with Crippen molar-refractivity contribution in [3.63, 3.8) is 0 Å². The van der Waals surface area contributed by atoms with Gasteiger partial charge in [0.15, 0.2) is 0 Å². The molecule has 1 atom stereocenters. The van der Waals surface area contributed by atoms with Crippen LogP contribution in [-0.2, 0) is 4.79 Å². The Bertz CT molecular complexity index is 809. The Kier molecular flexibility index (Phi) is 5.63. The number of carbonyl (C=O) groups excluding carboxylic acids is 2. The molecule has 2 aliphatic heterocycles. The SMILES string of the molecule is C=CCN1C(=O)N[C@H](c2cc(OC)cc(OC)c2)C2=C1CN(CC(C)C)C2=O. The zero-order chi connectivity index (χ0) is 20.4. The van der Waals surface area contributed by atoms with Gasteiger partial charge in [-0.3, -0.25) is 9.69 Å². The van der Waals surface area contributed by atoms with Crippen LogP contribution in [0.4, 0.5) is 4.79 Å². The van der Waals surface area contributed by atoms with Gasteiger partial charge in [0.1, 0.15) is 11.5 Å². The van der Waals surface area contributed by atoms with Crippen molar-refractivity contribution < 1.29 is 19.1 Å². The molecule has 0 aromatic heterocycles. The molecule has 3 amide bonds. The van der Waals surface area contributed by atoms with E-state index in [2.05, 4.69) is 25.7 Å². The van der Waals surface area contributed by atoms with Crippen LogP contribution >= 0.6 is 0 Å². The van der Waals surface area contributed by atoms with Crippen LogP contribution in [-0.4, -0.2) is 55.6 Å². The number of carbonyl (C=O) groups is 2. The van der Waals surface area contributed by atoms with Gasteiger partial charge in [-0.2, -0.15) is 0 Å². The van der Waals surface area contributed by atoms with Gasteiger partial charge >= 0.3 is 6.03 Å². The number of ether oxygens (including phenoxy) is 2. The molecule has 3 rings (SSSR count). The zero-order valence-electron chi connectivity index (χ0n) is 16.8. The molecule has 2 heterocycles. The summed E-state index contributed by atoms with van der Waals surface area (Å²) in [6, 6.07) is 4.59. The highest BCUT2D eigenvalue weighted by molar-refractivity contribution is 6.01. The summed E-state index contributed by atoms with van der Waals surface area (Å²) in [6.45, 7) is 9.28. The summed E-state index contributed by atoms with van der Waals surface area (Å²) in [6.07, 6.45) is 1.66. The summed E-state index contributed by atoms with van der Waals surface area (Å²) in [4.78, 5) is 29.4. The zero-order valence-corrected chi connectivity index (χ0v) is 16.8. The monoisotopic (exact) mass is 385 g/mol. The van der Waals surface area contributed by atoms with Gasteiger partial charge in [-0.25, -0.2) is 4.79 Å². The third-order valence-corrected chi connectivity index (χ3v) is 4.90. The second-order valence-corrected chi connectivity index (χ2v) is 7.37. The number of hydrogen-bond acceptors (Lipinski definition) is 4. The average molecular weight is 385 g/mol. The summed E-state index contributed by atoms with van der Waals surface area (Å²) in [7, 11) is 3.14. The number of nitrogens with zero attached hydrogens (tertiary/aromatic N) is 2. The van der Waals surface area contributed by atoms with E-state index < -0.39 is 6.04 Å². The molecule has 150 valence electrons. The van der Waals surface area contributed by atoms with Crippen LogP contribution in [0.1, 0.15) is 25.5 Å². The predicted molar refractivity (Wildman–Crippen MR) is 106 cm³/mol. The van der Waals surface area contributed by atoms with Gasteiger partial charge in [0.25, 0.3) is 5.91 Å². The average Bonchev–Trinajstić information content (AvgIpc) is 2.99. The molecule has 0 fully saturated rings. The lowest BCUT2D eigenvalue weighted by Crippen LogP contribution is -2.47. The number of methoxy groups -OCH3 is 2. The Hall–Kier alpha value is -2.96. The van der Waals surface area contributed by atoms with Gasteiger partial charge in [0.05, 0.1) is 38.1 Å². The number of amides is 3. The number of nitrogens with one attached hydrogen (secondary N) is 1. The van der Waals surface area contributed by atoms with Crippen molar-refractivity contribution in [1.82, 2.24) is 15.1 Å². The molecule has 0 bridgehead atoms. The van der Waals surface area contributed by atoms with Crippen molar-refractivity contribution in [2.45, 2.75) is 19.9 Å². The Balaban J connectivity index is 2.08. The lowest BCUT2D eigenvalue weighted by Gasteiger charge is -2.33. The van der Waals surface area contributed by atoms with Crippen molar-refractivity contribution in [3.05, 3.63) is 47.7 Å². The maximum Gasteiger partial charge on any atom is 0.322 e. The van der Waals surface area contributed by atoms with E-state index in [1.54, 1.807) is 36.2 Å². The first-order valence-electron chi connectivity index (χ1n) is 9.33. The van der Waals surface area contributed by atoms with E-state index in [0.717, 1.165) is 11.3 Å². The van der Waals surface area contributed by atoms with Gasteiger partial charge in [-0.15, -0.1) is 6.58 Å². The van der Waals surface area contributed by atoms with E-state index >= 15 is 0 Å². The van der Waals surface area contributed by atoms with Crippen LogP contribution < -0.4 is 14.8 Å². The molecule has 0 saturated carbocycles. The third-order valence-electron chi connectivity index (χ3n) is 4.90. The van der Waals surface area contributed by atoms with E-state index in [1.165, 1.54) is 0 Å². The Morgan fingerprint density at radius 3 is 2.39 bits per heavy atom. The van der Waals surface area contributed by atoms with Crippen LogP contribution in [0.15, 0.2) is 42.1 Å². The highest BCUT2D eigenvalue weighted by Crippen LogP contribution is 2.38. The predicted octanol–water partition coefficient (Wildman–Crippen LogP) is 2.71. The lowest BCUT2D eigenvalue weighted by atomic mass is 9.95. The van der Waals surface area contributed by atoms with Crippen molar-refractivity contribution in [2.24, 2.45) is 5.92 Å². The Morgan fingerprint density at radius 2 is 1.86 bits per heavy atom. The molecule has 7 nitrogen and oxygen atoms in total. The minimum absolute atomic E-state index is 0.0513. The molecule has 1 N–H and O–H groups in total. The topological polar surface area (TPSA) is 71.1 Å². The highest BCUT2D eigenvalue weighted by atomic mass is 16.5. The smallest absolute Gasteiger partial charge is 0.322 e. The fourth-order valence-corrected chi connectivity index (χ4v) is 3.71. The summed E-state index contributed by atoms with van der Waals surface area (Å²) >= 11 is 0. The maximum atomic E-state index is 13.2. The molecule has 2 aliphatic rings. The molecule has 7 heteroatoms. The summed E-state index contributed by atoms with van der Waals surface area (Å²) in [5.74, 6) is 1.48. The van der Waals surface area contributed by atoms with Crippen molar-refractivity contribution in [1.29, 1.82) is 0 Å². The van der Waals surface area contributed by atoms with Gasteiger partial charge in [0, 0.05) is 19.2 Å². The molecule has 0 saturated heterocycles. The minimum atomic E-state index is -0.558. The van der Waals surface area contributed by atoms with Crippen LogP contribution in [0.5, 0.6) is 11.5 Å². The van der Waals surface area contributed by atoms with Gasteiger partial charge in [0.2, 0.25) is 0 Å². The van der Waals surface area contributed by atoms with E-state index in [9.17, 15) is 9.59 Å². The van der Waals surface area contributed by atoms with Gasteiger partial charge in [-0.05, 0) is 23.6 Å². The molecule has 0 aliphatic carbocycles. The fourth-order valence-electron chi connectivity index (χ4n) is 3.71. The first-order chi connectivity index (χ1) is 13.4. The number of benzene rings is 1. The normalized spacial score (nSPS) is 19.1. The molecule has 1 aromatic rings. The van der Waals surface area contributed by atoms with E-state index in [1.807, 2.05) is 12.1 Å². The standard InChI is InChI=1S/C21H27N3O4/c1-6-7-24-17-12-23(11-13(2)3)20(25)18(17)19(22-21(24)26)14-8-15(27-4)10-16(9-14)28-5/h6,8-10,13,19H,1,7,11-12H2,2-5H3,(H,22,26)/t19-/m1/s1. The Labute approximate surface area is 165 Å². The number of rotatable bonds is 7. The number of urea groups is 1. The van der Waals surface area contributed by atoms with Gasteiger partial charge in [-0.1, -0.05) is 19.9 Å². The highest BCUT2D eigenvalue weighted by Gasteiger charge is 2.43. The fraction of sp³-hybridized carbons (Fsp3) is 0.429. The Morgan fingerprint density at radius 1 is 1.21 bits per heavy atom. The molecule has 0 radical (unpaired) electrons. The van der Waals surface area contributed by atoms with E-state index in [0.29, 0.717) is 42.6 Å². The minimum Gasteiger partial charge on any atom is -0.497 e. The quantitative estimate of drug-likeness (QED) is 0.733. The second-order valence-electron chi connectivity index (χ2n) is 7.37. The summed E-state index contributed by atoms with van der Waals surface area (Å²) in [5.41, 5.74) is 2.08. The van der Waals surface area contributed by atoms with E-state index in [4.69, 9.17) is 9.47 Å². The lowest BCUT2D eigenvalue weighted by molar-refractivity contribution is -0.126. The van der Waals surface area contributed by atoms with Crippen LogP contribution in [0, 0.1) is 5.92 Å². The van der Waals surface area contributed by atoms with Crippen molar-refractivity contribution in [3.8, 4) is 11.5 Å². The van der Waals surface area contributed by atoms with Crippen molar-refractivity contribution in [2.75, 3.05) is 33.9 Å². The first-order valence-corrected chi connectivity index (χ1v) is 9.33. The number of hydrogen-bond donors (Lipinski definition) is 1. The van der Waals surface area contributed by atoms with Crippen molar-refractivity contribution >= 4 is 11.9 Å². The molecular formula is C21H27N3O4. The first kappa shape index (κ1) is 19.8. The third kappa shape index (κ3) is 3.56. The maximum absolute atomic E-state index is 13.2. The summed E-state index contributed by atoms with van der Waals surface area (Å²) < 4.78 is 10.7. The largest absolute Gasteiger partial charge is 0.497 e. The van der Waals surface area contributed by atoms with Crippen LogP contribution in [0.2, 0.25) is 0 Å². The second kappa shape index (κ2) is 7.96. The van der Waals surface area contributed by atoms with Gasteiger partial charge < -0.3 is 19.7 Å². The molecule has 1 aromatic carbocycles. The summed E-state index contributed by atoms with van der Waals surface area (Å²) in [5, 5.41) is 2.97.